The average Bonchev–Trinajstić information content (AvgIpc) is 2.45. The minimum atomic E-state index is -4.46. The predicted molar refractivity (Wildman–Crippen MR) is 70.2 cm³/mol. The molecule has 0 aromatic heterocycles. The van der Waals surface area contributed by atoms with Crippen molar-refractivity contribution < 1.29 is 13.2 Å². The van der Waals surface area contributed by atoms with E-state index in [1.165, 1.54) is 12.1 Å². The Morgan fingerprint density at radius 1 is 1.30 bits per heavy atom. The third-order valence-electron chi connectivity index (χ3n) is 3.49. The summed E-state index contributed by atoms with van der Waals surface area (Å²) in [6, 6.07) is 5.37. The van der Waals surface area contributed by atoms with Crippen LogP contribution in [0.2, 0.25) is 0 Å². The van der Waals surface area contributed by atoms with E-state index >= 15 is 0 Å². The summed E-state index contributed by atoms with van der Waals surface area (Å²) in [6.07, 6.45) is -2.53. The second kappa shape index (κ2) is 6.14. The molecule has 2 N–H and O–H groups in total. The maximum absolute atomic E-state index is 13.0. The summed E-state index contributed by atoms with van der Waals surface area (Å²) in [5.74, 6) is 0.382. The van der Waals surface area contributed by atoms with Crippen molar-refractivity contribution in [2.75, 3.05) is 25.0 Å². The van der Waals surface area contributed by atoms with Crippen LogP contribution in [0.4, 0.5) is 18.9 Å². The Morgan fingerprint density at radius 2 is 2.00 bits per heavy atom. The molecule has 0 radical (unpaired) electrons. The van der Waals surface area contributed by atoms with E-state index in [1.54, 1.807) is 6.07 Å². The second-order valence-corrected chi connectivity index (χ2v) is 4.94. The molecule has 1 aromatic carbocycles. The lowest BCUT2D eigenvalue weighted by Gasteiger charge is -2.24. The van der Waals surface area contributed by atoms with Crippen LogP contribution in [0.25, 0.3) is 0 Å². The highest BCUT2D eigenvalue weighted by molar-refractivity contribution is 5.56. The minimum absolute atomic E-state index is 0.0183. The molecule has 2 rings (SSSR count). The van der Waals surface area contributed by atoms with Crippen LogP contribution in [0.5, 0.6) is 0 Å². The molecule has 1 saturated heterocycles. The lowest BCUT2D eigenvalue weighted by atomic mass is 9.98. The van der Waals surface area contributed by atoms with E-state index in [0.29, 0.717) is 12.5 Å². The van der Waals surface area contributed by atoms with Gasteiger partial charge in [-0.1, -0.05) is 0 Å². The van der Waals surface area contributed by atoms with E-state index in [4.69, 9.17) is 5.26 Å². The quantitative estimate of drug-likeness (QED) is 0.896. The molecule has 1 aromatic rings. The fourth-order valence-electron chi connectivity index (χ4n) is 2.34. The van der Waals surface area contributed by atoms with Crippen LogP contribution in [0, 0.1) is 17.2 Å². The summed E-state index contributed by atoms with van der Waals surface area (Å²) < 4.78 is 38.9. The summed E-state index contributed by atoms with van der Waals surface area (Å²) >= 11 is 0. The largest absolute Gasteiger partial charge is 0.418 e. The molecule has 20 heavy (non-hydrogen) atoms. The van der Waals surface area contributed by atoms with Gasteiger partial charge in [0.05, 0.1) is 17.2 Å². The van der Waals surface area contributed by atoms with Crippen molar-refractivity contribution in [1.29, 1.82) is 5.26 Å². The van der Waals surface area contributed by atoms with Gasteiger partial charge in [-0.2, -0.15) is 18.4 Å². The summed E-state index contributed by atoms with van der Waals surface area (Å²) in [6.45, 7) is 2.34. The van der Waals surface area contributed by atoms with Gasteiger partial charge in [0.25, 0.3) is 0 Å². The van der Waals surface area contributed by atoms with Crippen molar-refractivity contribution in [2.45, 2.75) is 19.0 Å². The van der Waals surface area contributed by atoms with Gasteiger partial charge in [-0.15, -0.1) is 0 Å². The number of piperidine rings is 1. The third-order valence-corrected chi connectivity index (χ3v) is 3.49. The van der Waals surface area contributed by atoms with Gasteiger partial charge in [0.2, 0.25) is 0 Å². The van der Waals surface area contributed by atoms with Crippen LogP contribution < -0.4 is 10.6 Å². The highest BCUT2D eigenvalue weighted by atomic mass is 19.4. The first kappa shape index (κ1) is 14.7. The van der Waals surface area contributed by atoms with Gasteiger partial charge < -0.3 is 10.6 Å². The Morgan fingerprint density at radius 3 is 2.60 bits per heavy atom. The monoisotopic (exact) mass is 283 g/mol. The third kappa shape index (κ3) is 3.64. The average molecular weight is 283 g/mol. The molecule has 1 aliphatic heterocycles. The van der Waals surface area contributed by atoms with Crippen LogP contribution in [0.1, 0.15) is 24.0 Å². The predicted octanol–water partition coefficient (Wildman–Crippen LogP) is 2.99. The number of nitrogens with zero attached hydrogens (tertiary/aromatic N) is 1. The van der Waals surface area contributed by atoms with Crippen molar-refractivity contribution >= 4 is 5.69 Å². The summed E-state index contributed by atoms with van der Waals surface area (Å²) in [5.41, 5.74) is -0.703. The minimum Gasteiger partial charge on any atom is -0.384 e. The van der Waals surface area contributed by atoms with Crippen molar-refractivity contribution in [3.8, 4) is 6.07 Å². The first-order chi connectivity index (χ1) is 9.50. The molecule has 1 fully saturated rings. The van der Waals surface area contributed by atoms with Gasteiger partial charge in [0.1, 0.15) is 0 Å². The van der Waals surface area contributed by atoms with E-state index < -0.39 is 11.7 Å². The number of alkyl halides is 3. The molecule has 0 spiro atoms. The molecular weight excluding hydrogens is 267 g/mol. The van der Waals surface area contributed by atoms with Crippen molar-refractivity contribution in [3.05, 3.63) is 29.3 Å². The Balaban J connectivity index is 2.12. The zero-order valence-electron chi connectivity index (χ0n) is 10.9. The van der Waals surface area contributed by atoms with Crippen molar-refractivity contribution in [3.63, 3.8) is 0 Å². The lowest BCUT2D eigenvalue weighted by Crippen LogP contribution is -2.31. The number of hydrogen-bond acceptors (Lipinski definition) is 3. The molecule has 108 valence electrons. The van der Waals surface area contributed by atoms with Gasteiger partial charge in [-0.05, 0) is 50.0 Å². The number of halogens is 3. The fourth-order valence-corrected chi connectivity index (χ4v) is 2.34. The Labute approximate surface area is 115 Å². The number of benzene rings is 1. The van der Waals surface area contributed by atoms with Gasteiger partial charge in [0.15, 0.2) is 0 Å². The number of nitriles is 1. The second-order valence-electron chi connectivity index (χ2n) is 4.94. The molecule has 0 atom stereocenters. The maximum Gasteiger partial charge on any atom is 0.418 e. The van der Waals surface area contributed by atoms with Crippen molar-refractivity contribution in [2.24, 2.45) is 5.92 Å². The van der Waals surface area contributed by atoms with E-state index in [0.717, 1.165) is 32.0 Å². The Bertz CT molecular complexity index is 499. The van der Waals surface area contributed by atoms with Crippen LogP contribution >= 0.6 is 0 Å². The topological polar surface area (TPSA) is 47.9 Å². The number of rotatable bonds is 3. The molecule has 0 bridgehead atoms. The molecule has 0 amide bonds. The van der Waals surface area contributed by atoms with Gasteiger partial charge in [-0.3, -0.25) is 0 Å². The molecular formula is C14H16F3N3. The maximum atomic E-state index is 13.0. The molecule has 0 aliphatic carbocycles. The van der Waals surface area contributed by atoms with E-state index in [9.17, 15) is 13.2 Å². The SMILES string of the molecule is N#Cc1ccc(NCC2CCNCC2)c(C(F)(F)F)c1. The highest BCUT2D eigenvalue weighted by Crippen LogP contribution is 2.35. The zero-order valence-corrected chi connectivity index (χ0v) is 10.9. The Kier molecular flexibility index (Phi) is 4.50. The molecule has 3 nitrogen and oxygen atoms in total. The molecule has 6 heteroatoms. The van der Waals surface area contributed by atoms with Crippen LogP contribution in [-0.4, -0.2) is 19.6 Å². The summed E-state index contributed by atoms with van der Waals surface area (Å²) in [4.78, 5) is 0. The first-order valence-electron chi connectivity index (χ1n) is 6.56. The molecule has 1 aliphatic rings. The summed E-state index contributed by atoms with van der Waals surface area (Å²) in [5, 5.41) is 14.8. The van der Waals surface area contributed by atoms with Crippen LogP contribution in [-0.2, 0) is 6.18 Å². The lowest BCUT2D eigenvalue weighted by molar-refractivity contribution is -0.137. The zero-order chi connectivity index (χ0) is 14.6. The van der Waals surface area contributed by atoms with E-state index in [-0.39, 0.29) is 11.3 Å². The van der Waals surface area contributed by atoms with Gasteiger partial charge in [-0.25, -0.2) is 0 Å². The highest BCUT2D eigenvalue weighted by Gasteiger charge is 2.34. The van der Waals surface area contributed by atoms with Gasteiger partial charge >= 0.3 is 6.18 Å². The number of hydrogen-bond donors (Lipinski definition) is 2. The van der Waals surface area contributed by atoms with E-state index in [2.05, 4.69) is 10.6 Å². The smallest absolute Gasteiger partial charge is 0.384 e. The standard InChI is InChI=1S/C14H16F3N3/c15-14(16,17)12-7-11(8-18)1-2-13(12)20-9-10-3-5-19-6-4-10/h1-2,7,10,19-20H,3-6,9H2. The molecule has 0 unspecified atom stereocenters. The van der Waals surface area contributed by atoms with Crippen LogP contribution in [0.3, 0.4) is 0 Å². The van der Waals surface area contributed by atoms with Gasteiger partial charge in [0, 0.05) is 12.2 Å². The van der Waals surface area contributed by atoms with Crippen LogP contribution in [0.15, 0.2) is 18.2 Å². The molecule has 1 heterocycles. The van der Waals surface area contributed by atoms with Crippen molar-refractivity contribution in [1.82, 2.24) is 5.32 Å². The van der Waals surface area contributed by atoms with E-state index in [1.807, 2.05) is 0 Å². The Hall–Kier alpha value is -1.74. The first-order valence-corrected chi connectivity index (χ1v) is 6.56. The number of nitrogens with one attached hydrogen (secondary N) is 2. The summed E-state index contributed by atoms with van der Waals surface area (Å²) in [7, 11) is 0. The normalized spacial score (nSPS) is 16.7. The fraction of sp³-hybridized carbons (Fsp3) is 0.500. The number of anilines is 1. The molecule has 0 saturated carbocycles.